The molecule has 0 radical (unpaired) electrons. The second kappa shape index (κ2) is 5.36. The molecule has 0 bridgehead atoms. The molecule has 0 saturated heterocycles. The number of aliphatic hydroxyl groups excluding tert-OH is 1. The highest BCUT2D eigenvalue weighted by Crippen LogP contribution is 2.09. The molecule has 1 aromatic carbocycles. The highest BCUT2D eigenvalue weighted by Gasteiger charge is 2.01. The van der Waals surface area contributed by atoms with Crippen LogP contribution in [0, 0.1) is 5.92 Å². The lowest BCUT2D eigenvalue weighted by Crippen LogP contribution is -2.15. The molecule has 0 aliphatic carbocycles. The van der Waals surface area contributed by atoms with Gasteiger partial charge in [-0.1, -0.05) is 6.92 Å². The first-order valence-corrected chi connectivity index (χ1v) is 4.88. The number of anilines is 1. The zero-order chi connectivity index (χ0) is 11.3. The first-order chi connectivity index (χ1) is 7.13. The van der Waals surface area contributed by atoms with Crippen LogP contribution in [0.25, 0.3) is 0 Å². The Kier molecular flexibility index (Phi) is 4.12. The van der Waals surface area contributed by atoms with Crippen LogP contribution in [-0.4, -0.2) is 24.2 Å². The van der Waals surface area contributed by atoms with E-state index in [0.29, 0.717) is 12.1 Å². The number of primary amides is 1. The number of hydrogen-bond acceptors (Lipinski definition) is 3. The molecule has 82 valence electrons. The third kappa shape index (κ3) is 3.59. The maximum atomic E-state index is 10.8. The van der Waals surface area contributed by atoms with E-state index >= 15 is 0 Å². The first kappa shape index (κ1) is 11.5. The Hall–Kier alpha value is -1.55. The van der Waals surface area contributed by atoms with Gasteiger partial charge in [-0.2, -0.15) is 0 Å². The fourth-order valence-corrected chi connectivity index (χ4v) is 1.11. The van der Waals surface area contributed by atoms with Crippen molar-refractivity contribution in [3.63, 3.8) is 0 Å². The summed E-state index contributed by atoms with van der Waals surface area (Å²) in [5.41, 5.74) is 6.53. The van der Waals surface area contributed by atoms with Gasteiger partial charge in [0.05, 0.1) is 0 Å². The first-order valence-electron chi connectivity index (χ1n) is 4.88. The Morgan fingerprint density at radius 2 is 2.07 bits per heavy atom. The highest BCUT2D eigenvalue weighted by atomic mass is 16.3. The smallest absolute Gasteiger partial charge is 0.248 e. The van der Waals surface area contributed by atoms with E-state index in [0.717, 1.165) is 5.69 Å². The van der Waals surface area contributed by atoms with Gasteiger partial charge in [-0.05, 0) is 30.2 Å². The number of nitrogens with one attached hydrogen (secondary N) is 1. The second-order valence-electron chi connectivity index (χ2n) is 3.61. The molecular formula is C11H16N2O2. The maximum absolute atomic E-state index is 10.8. The molecule has 1 amide bonds. The Balaban J connectivity index is 2.53. The minimum atomic E-state index is -0.426. The van der Waals surface area contributed by atoms with Crippen molar-refractivity contribution in [3.8, 4) is 0 Å². The predicted molar refractivity (Wildman–Crippen MR) is 59.7 cm³/mol. The summed E-state index contributed by atoms with van der Waals surface area (Å²) in [6.45, 7) is 2.81. The molecule has 0 heterocycles. The largest absolute Gasteiger partial charge is 0.396 e. The molecule has 15 heavy (non-hydrogen) atoms. The summed E-state index contributed by atoms with van der Waals surface area (Å²) >= 11 is 0. The summed E-state index contributed by atoms with van der Waals surface area (Å²) in [6.07, 6.45) is 0. The monoisotopic (exact) mass is 208 g/mol. The third-order valence-electron chi connectivity index (χ3n) is 2.14. The van der Waals surface area contributed by atoms with Gasteiger partial charge in [-0.15, -0.1) is 0 Å². The quantitative estimate of drug-likeness (QED) is 0.670. The van der Waals surface area contributed by atoms with Gasteiger partial charge in [0.2, 0.25) is 5.91 Å². The summed E-state index contributed by atoms with van der Waals surface area (Å²) in [4.78, 5) is 10.8. The van der Waals surface area contributed by atoms with Crippen molar-refractivity contribution < 1.29 is 9.90 Å². The van der Waals surface area contributed by atoms with E-state index in [9.17, 15) is 4.79 Å². The van der Waals surface area contributed by atoms with E-state index in [2.05, 4.69) is 5.32 Å². The Labute approximate surface area is 89.1 Å². The van der Waals surface area contributed by atoms with Crippen LogP contribution in [0.2, 0.25) is 0 Å². The maximum Gasteiger partial charge on any atom is 0.248 e. The average Bonchev–Trinajstić information content (AvgIpc) is 2.26. The summed E-state index contributed by atoms with van der Waals surface area (Å²) in [5, 5.41) is 12.0. The van der Waals surface area contributed by atoms with Crippen molar-refractivity contribution in [3.05, 3.63) is 29.8 Å². The van der Waals surface area contributed by atoms with Gasteiger partial charge < -0.3 is 16.2 Å². The van der Waals surface area contributed by atoms with Crippen molar-refractivity contribution in [1.82, 2.24) is 0 Å². The van der Waals surface area contributed by atoms with Gasteiger partial charge in [-0.3, -0.25) is 4.79 Å². The molecule has 0 aliphatic heterocycles. The molecule has 1 aromatic rings. The lowest BCUT2D eigenvalue weighted by Gasteiger charge is -2.10. The summed E-state index contributed by atoms with van der Waals surface area (Å²) in [5.74, 6) is -0.217. The van der Waals surface area contributed by atoms with Crippen molar-refractivity contribution in [1.29, 1.82) is 0 Å². The van der Waals surface area contributed by atoms with E-state index in [-0.39, 0.29) is 12.5 Å². The molecule has 0 fully saturated rings. The Bertz CT molecular complexity index is 322. The van der Waals surface area contributed by atoms with Crippen LogP contribution in [0.5, 0.6) is 0 Å². The highest BCUT2D eigenvalue weighted by molar-refractivity contribution is 5.93. The standard InChI is InChI=1S/C11H16N2O2/c1-8(7-14)6-13-10-4-2-9(3-5-10)11(12)15/h2-5,8,13-14H,6-7H2,1H3,(H2,12,15). The van der Waals surface area contributed by atoms with E-state index in [1.807, 2.05) is 6.92 Å². The molecule has 0 aliphatic rings. The van der Waals surface area contributed by atoms with Crippen LogP contribution in [-0.2, 0) is 0 Å². The fourth-order valence-electron chi connectivity index (χ4n) is 1.11. The normalized spacial score (nSPS) is 12.1. The number of amides is 1. The van der Waals surface area contributed by atoms with Gasteiger partial charge in [0.15, 0.2) is 0 Å². The molecule has 1 atom stereocenters. The van der Waals surface area contributed by atoms with Crippen molar-refractivity contribution in [2.75, 3.05) is 18.5 Å². The van der Waals surface area contributed by atoms with E-state index in [1.165, 1.54) is 0 Å². The number of benzene rings is 1. The van der Waals surface area contributed by atoms with Crippen molar-refractivity contribution in [2.45, 2.75) is 6.92 Å². The zero-order valence-electron chi connectivity index (χ0n) is 8.73. The second-order valence-corrected chi connectivity index (χ2v) is 3.61. The molecule has 0 saturated carbocycles. The van der Waals surface area contributed by atoms with Crippen LogP contribution in [0.3, 0.4) is 0 Å². The van der Waals surface area contributed by atoms with Crippen LogP contribution in [0.1, 0.15) is 17.3 Å². The zero-order valence-corrected chi connectivity index (χ0v) is 8.73. The molecule has 0 spiro atoms. The van der Waals surface area contributed by atoms with E-state index in [1.54, 1.807) is 24.3 Å². The van der Waals surface area contributed by atoms with Crippen LogP contribution < -0.4 is 11.1 Å². The van der Waals surface area contributed by atoms with Crippen molar-refractivity contribution in [2.24, 2.45) is 11.7 Å². The van der Waals surface area contributed by atoms with E-state index < -0.39 is 5.91 Å². The predicted octanol–water partition coefficient (Wildman–Crippen LogP) is 0.826. The number of rotatable bonds is 5. The summed E-state index contributed by atoms with van der Waals surface area (Å²) in [7, 11) is 0. The van der Waals surface area contributed by atoms with Gasteiger partial charge >= 0.3 is 0 Å². The minimum Gasteiger partial charge on any atom is -0.396 e. The molecular weight excluding hydrogens is 192 g/mol. The lowest BCUT2D eigenvalue weighted by atomic mass is 10.1. The van der Waals surface area contributed by atoms with Crippen LogP contribution in [0.15, 0.2) is 24.3 Å². The number of aliphatic hydroxyl groups is 1. The van der Waals surface area contributed by atoms with E-state index in [4.69, 9.17) is 10.8 Å². The molecule has 0 aromatic heterocycles. The topological polar surface area (TPSA) is 75.3 Å². The summed E-state index contributed by atoms with van der Waals surface area (Å²) < 4.78 is 0. The van der Waals surface area contributed by atoms with Crippen molar-refractivity contribution >= 4 is 11.6 Å². The number of carbonyl (C=O) groups is 1. The number of hydrogen-bond donors (Lipinski definition) is 3. The van der Waals surface area contributed by atoms with Crippen LogP contribution >= 0.6 is 0 Å². The molecule has 1 rings (SSSR count). The SMILES string of the molecule is CC(CO)CNc1ccc(C(N)=O)cc1. The Morgan fingerprint density at radius 1 is 1.47 bits per heavy atom. The van der Waals surface area contributed by atoms with Gasteiger partial charge in [0.1, 0.15) is 0 Å². The lowest BCUT2D eigenvalue weighted by molar-refractivity contribution is 0.100. The number of nitrogens with two attached hydrogens (primary N) is 1. The van der Waals surface area contributed by atoms with Gasteiger partial charge in [0.25, 0.3) is 0 Å². The average molecular weight is 208 g/mol. The molecule has 4 nitrogen and oxygen atoms in total. The minimum absolute atomic E-state index is 0.159. The molecule has 4 heteroatoms. The van der Waals surface area contributed by atoms with Crippen LogP contribution in [0.4, 0.5) is 5.69 Å². The van der Waals surface area contributed by atoms with Gasteiger partial charge in [0, 0.05) is 24.4 Å². The number of carbonyl (C=O) groups excluding carboxylic acids is 1. The van der Waals surface area contributed by atoms with Gasteiger partial charge in [-0.25, -0.2) is 0 Å². The molecule has 4 N–H and O–H groups in total. The summed E-state index contributed by atoms with van der Waals surface area (Å²) in [6, 6.07) is 6.94. The third-order valence-corrected chi connectivity index (χ3v) is 2.14. The Morgan fingerprint density at radius 3 is 2.53 bits per heavy atom. The fraction of sp³-hybridized carbons (Fsp3) is 0.364. The molecule has 1 unspecified atom stereocenters.